The Labute approximate surface area is 284 Å². The van der Waals surface area contributed by atoms with E-state index < -0.39 is 17.5 Å². The SMILES string of the molecule is O=C(NCCN1C(=O)CN=C(c2ccccc2)c2cc(Cl)ccc21)c1ccc2c(c1)C(=O)OC21c2ccc(O)cc2Oc2cc(O)ccc21. The van der Waals surface area contributed by atoms with Gasteiger partial charge in [-0.15, -0.1) is 0 Å². The van der Waals surface area contributed by atoms with E-state index in [4.69, 9.17) is 21.1 Å². The number of nitrogens with zero attached hydrogens (tertiary/aromatic N) is 2. The molecular formula is C38H26ClN3O7. The summed E-state index contributed by atoms with van der Waals surface area (Å²) in [6, 6.07) is 28.6. The highest BCUT2D eigenvalue weighted by Gasteiger charge is 2.53. The summed E-state index contributed by atoms with van der Waals surface area (Å²) in [7, 11) is 0. The van der Waals surface area contributed by atoms with Gasteiger partial charge in [-0.1, -0.05) is 48.0 Å². The fourth-order valence-corrected chi connectivity index (χ4v) is 6.87. The molecule has 8 rings (SSSR count). The average Bonchev–Trinajstić information content (AvgIpc) is 3.30. The average molecular weight is 672 g/mol. The largest absolute Gasteiger partial charge is 0.508 e. The number of hydrogen-bond donors (Lipinski definition) is 3. The summed E-state index contributed by atoms with van der Waals surface area (Å²) >= 11 is 6.37. The molecule has 3 aliphatic heterocycles. The van der Waals surface area contributed by atoms with Gasteiger partial charge in [0, 0.05) is 63.6 Å². The number of halogens is 1. The summed E-state index contributed by atoms with van der Waals surface area (Å²) in [5, 5.41) is 23.7. The molecule has 0 radical (unpaired) electrons. The van der Waals surface area contributed by atoms with Crippen LogP contribution in [0.4, 0.5) is 5.69 Å². The molecule has 242 valence electrons. The predicted octanol–water partition coefficient (Wildman–Crippen LogP) is 5.93. The molecule has 0 aromatic heterocycles. The Morgan fingerprint density at radius 1 is 0.837 bits per heavy atom. The molecule has 1 spiro atoms. The van der Waals surface area contributed by atoms with Crippen LogP contribution in [0, 0.1) is 0 Å². The van der Waals surface area contributed by atoms with Crippen molar-refractivity contribution in [2.45, 2.75) is 5.60 Å². The molecule has 0 unspecified atom stereocenters. The maximum absolute atomic E-state index is 13.5. The summed E-state index contributed by atoms with van der Waals surface area (Å²) < 4.78 is 12.1. The van der Waals surface area contributed by atoms with Crippen molar-refractivity contribution in [3.63, 3.8) is 0 Å². The molecule has 3 N–H and O–H groups in total. The van der Waals surface area contributed by atoms with E-state index in [1.54, 1.807) is 47.4 Å². The molecule has 0 fully saturated rings. The minimum Gasteiger partial charge on any atom is -0.508 e. The number of amides is 2. The van der Waals surface area contributed by atoms with E-state index in [1.165, 1.54) is 30.3 Å². The number of phenols is 2. The van der Waals surface area contributed by atoms with Crippen LogP contribution in [0.25, 0.3) is 0 Å². The van der Waals surface area contributed by atoms with Crippen LogP contribution in [0.1, 0.15) is 48.5 Å². The quantitative estimate of drug-likeness (QED) is 0.197. The van der Waals surface area contributed by atoms with Gasteiger partial charge in [-0.2, -0.15) is 0 Å². The Morgan fingerprint density at radius 3 is 2.24 bits per heavy atom. The topological polar surface area (TPSA) is 138 Å². The van der Waals surface area contributed by atoms with Gasteiger partial charge in [-0.3, -0.25) is 14.6 Å². The fraction of sp³-hybridized carbons (Fsp3) is 0.105. The lowest BCUT2D eigenvalue weighted by Gasteiger charge is -2.36. The van der Waals surface area contributed by atoms with E-state index in [0.717, 1.165) is 5.56 Å². The Kier molecular flexibility index (Phi) is 7.11. The smallest absolute Gasteiger partial charge is 0.340 e. The van der Waals surface area contributed by atoms with Gasteiger partial charge in [0.2, 0.25) is 5.91 Å². The summed E-state index contributed by atoms with van der Waals surface area (Å²) in [4.78, 5) is 46.4. The van der Waals surface area contributed by atoms with Crippen molar-refractivity contribution in [2.75, 3.05) is 24.5 Å². The summed E-state index contributed by atoms with van der Waals surface area (Å²) in [5.74, 6) is -0.904. The summed E-state index contributed by atoms with van der Waals surface area (Å²) in [6.45, 7) is 0.208. The number of esters is 1. The van der Waals surface area contributed by atoms with Crippen LogP contribution in [0.3, 0.4) is 0 Å². The molecule has 2 amide bonds. The first-order valence-electron chi connectivity index (χ1n) is 15.4. The molecule has 11 heteroatoms. The lowest BCUT2D eigenvalue weighted by atomic mass is 9.77. The minimum absolute atomic E-state index is 0.0487. The van der Waals surface area contributed by atoms with Gasteiger partial charge in [-0.05, 0) is 54.6 Å². The Hall–Kier alpha value is -6.13. The Balaban J connectivity index is 1.06. The van der Waals surface area contributed by atoms with Gasteiger partial charge in [0.1, 0.15) is 29.5 Å². The number of anilines is 1. The standard InChI is InChI=1S/C38H26ClN3O7/c39-23-7-13-31-27(17-23)35(21-4-2-1-3-5-21)41-20-34(45)42(31)15-14-40-36(46)22-6-10-28-26(16-22)37(47)49-38(28)29-11-8-24(43)18-32(29)48-33-19-25(44)9-12-30(33)38/h1-13,16-19,43-44H,14-15,20H2,(H,40,46). The molecule has 5 aromatic rings. The summed E-state index contributed by atoms with van der Waals surface area (Å²) in [5.41, 5.74) is 3.28. The normalized spacial score (nSPS) is 15.2. The molecule has 0 atom stereocenters. The molecule has 3 aliphatic rings. The van der Waals surface area contributed by atoms with Gasteiger partial charge in [0.05, 0.1) is 17.0 Å². The lowest BCUT2D eigenvalue weighted by Crippen LogP contribution is -2.39. The van der Waals surface area contributed by atoms with E-state index in [1.807, 2.05) is 30.3 Å². The van der Waals surface area contributed by atoms with Crippen molar-refractivity contribution in [3.8, 4) is 23.0 Å². The van der Waals surface area contributed by atoms with Gasteiger partial charge in [-0.25, -0.2) is 4.79 Å². The highest BCUT2D eigenvalue weighted by Crippen LogP contribution is 2.57. The molecule has 49 heavy (non-hydrogen) atoms. The van der Waals surface area contributed by atoms with Crippen LogP contribution < -0.4 is 15.0 Å². The molecule has 0 saturated carbocycles. The number of phenolic OH excluding ortho intramolecular Hbond substituents is 2. The second kappa shape index (κ2) is 11.5. The lowest BCUT2D eigenvalue weighted by molar-refractivity contribution is -0.117. The third kappa shape index (κ3) is 4.96. The number of aliphatic imine (C=N–C) groups is 1. The molecular weight excluding hydrogens is 646 g/mol. The number of rotatable bonds is 5. The molecule has 0 aliphatic carbocycles. The summed E-state index contributed by atoms with van der Waals surface area (Å²) in [6.07, 6.45) is 0. The van der Waals surface area contributed by atoms with Crippen LogP contribution in [0.2, 0.25) is 5.02 Å². The third-order valence-electron chi connectivity index (χ3n) is 8.88. The number of hydrogen-bond acceptors (Lipinski definition) is 8. The zero-order valence-electron chi connectivity index (χ0n) is 25.6. The van der Waals surface area contributed by atoms with Crippen molar-refractivity contribution in [1.29, 1.82) is 0 Å². The first-order valence-corrected chi connectivity index (χ1v) is 15.8. The Bertz CT molecular complexity index is 2200. The second-order valence-electron chi connectivity index (χ2n) is 11.8. The molecule has 3 heterocycles. The molecule has 10 nitrogen and oxygen atoms in total. The maximum Gasteiger partial charge on any atom is 0.340 e. The van der Waals surface area contributed by atoms with Gasteiger partial charge in [0.25, 0.3) is 5.91 Å². The van der Waals surface area contributed by atoms with Crippen molar-refractivity contribution in [1.82, 2.24) is 5.32 Å². The van der Waals surface area contributed by atoms with Gasteiger partial charge >= 0.3 is 5.97 Å². The molecule has 0 bridgehead atoms. The van der Waals surface area contributed by atoms with Gasteiger partial charge in [0.15, 0.2) is 5.60 Å². The van der Waals surface area contributed by atoms with Crippen LogP contribution in [-0.2, 0) is 15.1 Å². The van der Waals surface area contributed by atoms with E-state index >= 15 is 0 Å². The monoisotopic (exact) mass is 671 g/mol. The third-order valence-corrected chi connectivity index (χ3v) is 9.12. The number of benzene rings is 5. The van der Waals surface area contributed by atoms with Crippen molar-refractivity contribution < 1.29 is 34.1 Å². The van der Waals surface area contributed by atoms with Crippen molar-refractivity contribution in [3.05, 3.63) is 147 Å². The van der Waals surface area contributed by atoms with Crippen LogP contribution in [-0.4, -0.2) is 53.3 Å². The van der Waals surface area contributed by atoms with Crippen molar-refractivity contribution >= 4 is 40.8 Å². The van der Waals surface area contributed by atoms with E-state index in [2.05, 4.69) is 10.3 Å². The first kappa shape index (κ1) is 30.2. The van der Waals surface area contributed by atoms with E-state index in [-0.39, 0.29) is 59.7 Å². The number of fused-ring (bicyclic) bond motifs is 7. The fourth-order valence-electron chi connectivity index (χ4n) is 6.70. The molecule has 5 aromatic carbocycles. The van der Waals surface area contributed by atoms with Gasteiger partial charge < -0.3 is 29.9 Å². The molecule has 0 saturated heterocycles. The van der Waals surface area contributed by atoms with Crippen LogP contribution >= 0.6 is 11.6 Å². The van der Waals surface area contributed by atoms with Crippen LogP contribution in [0.15, 0.2) is 108 Å². The number of carbonyl (C=O) groups is 3. The van der Waals surface area contributed by atoms with Crippen LogP contribution in [0.5, 0.6) is 23.0 Å². The zero-order chi connectivity index (χ0) is 33.9. The number of aromatic hydroxyl groups is 2. The number of ether oxygens (including phenoxy) is 2. The number of benzodiazepines with no additional fused rings is 1. The van der Waals surface area contributed by atoms with E-state index in [9.17, 15) is 24.6 Å². The second-order valence-corrected chi connectivity index (χ2v) is 12.2. The predicted molar refractivity (Wildman–Crippen MR) is 181 cm³/mol. The highest BCUT2D eigenvalue weighted by molar-refractivity contribution is 6.32. The maximum atomic E-state index is 13.5. The van der Waals surface area contributed by atoms with Crippen molar-refractivity contribution in [2.24, 2.45) is 4.99 Å². The number of carbonyl (C=O) groups excluding carboxylic acids is 3. The Morgan fingerprint density at radius 2 is 1.53 bits per heavy atom. The first-order chi connectivity index (χ1) is 23.7. The minimum atomic E-state index is -1.43. The zero-order valence-corrected chi connectivity index (χ0v) is 26.4. The number of nitrogens with one attached hydrogen (secondary N) is 1. The highest BCUT2D eigenvalue weighted by atomic mass is 35.5. The van der Waals surface area contributed by atoms with E-state index in [0.29, 0.717) is 38.7 Å².